The number of anilines is 2. The van der Waals surface area contributed by atoms with Crippen molar-refractivity contribution in [3.05, 3.63) is 35.9 Å². The fraction of sp³-hybridized carbons (Fsp3) is 0.500. The second kappa shape index (κ2) is 8.13. The second-order valence-corrected chi connectivity index (χ2v) is 8.81. The zero-order valence-corrected chi connectivity index (χ0v) is 18.1. The maximum absolute atomic E-state index is 14.8. The molecule has 4 heterocycles. The number of hydrogen-bond donors (Lipinski definition) is 1. The molecule has 0 spiro atoms. The summed E-state index contributed by atoms with van der Waals surface area (Å²) in [5.41, 5.74) is 1.05. The fourth-order valence-electron chi connectivity index (χ4n) is 4.05. The average Bonchev–Trinajstić information content (AvgIpc) is 3.36. The van der Waals surface area contributed by atoms with Crippen LogP contribution in [0.3, 0.4) is 0 Å². The van der Waals surface area contributed by atoms with Gasteiger partial charge in [-0.15, -0.1) is 0 Å². The summed E-state index contributed by atoms with van der Waals surface area (Å²) < 4.78 is 26.1. The van der Waals surface area contributed by atoms with Crippen molar-refractivity contribution in [2.45, 2.75) is 50.5 Å². The summed E-state index contributed by atoms with van der Waals surface area (Å²) in [5.74, 6) is -0.286. The van der Waals surface area contributed by atoms with E-state index in [4.69, 9.17) is 14.6 Å². The van der Waals surface area contributed by atoms with E-state index in [0.29, 0.717) is 37.4 Å². The van der Waals surface area contributed by atoms with Gasteiger partial charge in [-0.05, 0) is 31.9 Å². The summed E-state index contributed by atoms with van der Waals surface area (Å²) >= 11 is 0. The Morgan fingerprint density at radius 2 is 2.06 bits per heavy atom. The van der Waals surface area contributed by atoms with Crippen molar-refractivity contribution in [2.75, 3.05) is 24.5 Å². The number of pyridine rings is 1. The minimum atomic E-state index is -1.37. The van der Waals surface area contributed by atoms with Gasteiger partial charge in [0.15, 0.2) is 6.17 Å². The molecule has 1 saturated carbocycles. The monoisotopic (exact) mass is 457 g/mol. The summed E-state index contributed by atoms with van der Waals surface area (Å²) in [4.78, 5) is 39.3. The molecule has 1 amide bonds. The van der Waals surface area contributed by atoms with Crippen LogP contribution in [0.4, 0.5) is 20.7 Å². The number of carbonyl (C=O) groups is 2. The molecule has 2 fully saturated rings. The smallest absolute Gasteiger partial charge is 0.410 e. The van der Waals surface area contributed by atoms with Gasteiger partial charge in [0.1, 0.15) is 29.5 Å². The Balaban J connectivity index is 1.24. The van der Waals surface area contributed by atoms with E-state index in [2.05, 4.69) is 15.0 Å². The van der Waals surface area contributed by atoms with Gasteiger partial charge in [0.05, 0.1) is 17.9 Å². The number of piperidine rings is 1. The molecule has 2 aromatic heterocycles. The molecule has 2 unspecified atom stereocenters. The lowest BCUT2D eigenvalue weighted by atomic mass is 10.1. The summed E-state index contributed by atoms with van der Waals surface area (Å²) in [7, 11) is 0. The van der Waals surface area contributed by atoms with Crippen molar-refractivity contribution in [1.82, 2.24) is 19.9 Å². The van der Waals surface area contributed by atoms with Gasteiger partial charge in [-0.1, -0.05) is 0 Å². The maximum atomic E-state index is 14.8. The van der Waals surface area contributed by atoms with E-state index in [-0.39, 0.29) is 18.1 Å². The van der Waals surface area contributed by atoms with Crippen LogP contribution in [-0.4, -0.2) is 74.5 Å². The van der Waals surface area contributed by atoms with E-state index in [0.717, 1.165) is 18.5 Å². The van der Waals surface area contributed by atoms with Crippen LogP contribution in [0, 0.1) is 0 Å². The standard InChI is InChI=1S/C22H24FN5O5/c1-22(6-7-22)33-21(31)27-8-5-17(13(23)11-27)32-19-10-18(24-12-25-19)28-9-4-14-16(28)3-2-15(26-14)20(29)30/h2-3,10,12-13,17H,4-9,11H2,1H3,(H,29,30). The molecule has 33 heavy (non-hydrogen) atoms. The van der Waals surface area contributed by atoms with Gasteiger partial charge in [-0.25, -0.2) is 28.9 Å². The molecular formula is C22H24FN5O5. The molecule has 1 N–H and O–H groups in total. The minimum Gasteiger partial charge on any atom is -0.477 e. The highest BCUT2D eigenvalue weighted by atomic mass is 19.1. The third kappa shape index (κ3) is 4.39. The van der Waals surface area contributed by atoms with Gasteiger partial charge in [-0.3, -0.25) is 0 Å². The Bertz CT molecular complexity index is 1090. The van der Waals surface area contributed by atoms with Gasteiger partial charge in [0.25, 0.3) is 0 Å². The molecule has 5 rings (SSSR count). The molecule has 0 aromatic carbocycles. The van der Waals surface area contributed by atoms with E-state index < -0.39 is 29.9 Å². The summed E-state index contributed by atoms with van der Waals surface area (Å²) in [6.07, 6.45) is 1.34. The van der Waals surface area contributed by atoms with E-state index >= 15 is 0 Å². The maximum Gasteiger partial charge on any atom is 0.410 e. The van der Waals surface area contributed by atoms with Crippen LogP contribution in [0.2, 0.25) is 0 Å². The lowest BCUT2D eigenvalue weighted by molar-refractivity contribution is 0.00226. The Morgan fingerprint density at radius 3 is 2.79 bits per heavy atom. The summed E-state index contributed by atoms with van der Waals surface area (Å²) in [6.45, 7) is 2.71. The molecule has 3 aliphatic rings. The number of fused-ring (bicyclic) bond motifs is 1. The molecule has 2 atom stereocenters. The van der Waals surface area contributed by atoms with Gasteiger partial charge in [-0.2, -0.15) is 0 Å². The van der Waals surface area contributed by atoms with E-state index in [1.807, 2.05) is 11.8 Å². The molecule has 10 nitrogen and oxygen atoms in total. The topological polar surface area (TPSA) is 118 Å². The Kier molecular flexibility index (Phi) is 5.26. The number of hydrogen-bond acceptors (Lipinski definition) is 8. The van der Waals surface area contributed by atoms with Crippen LogP contribution in [-0.2, 0) is 11.2 Å². The Hall–Kier alpha value is -3.50. The number of carboxylic acid groups (broad SMARTS) is 1. The minimum absolute atomic E-state index is 0.00208. The van der Waals surface area contributed by atoms with E-state index in [1.54, 1.807) is 12.1 Å². The zero-order chi connectivity index (χ0) is 23.2. The van der Waals surface area contributed by atoms with Gasteiger partial charge in [0, 0.05) is 32.0 Å². The normalized spacial score (nSPS) is 23.1. The van der Waals surface area contributed by atoms with Crippen LogP contribution in [0.5, 0.6) is 5.88 Å². The summed E-state index contributed by atoms with van der Waals surface area (Å²) in [6, 6.07) is 4.78. The number of ether oxygens (including phenoxy) is 2. The van der Waals surface area contributed by atoms with Crippen LogP contribution in [0.25, 0.3) is 0 Å². The SMILES string of the molecule is CC1(OC(=O)N2CCC(Oc3cc(N4CCc5nc(C(=O)O)ccc54)ncn3)C(F)C2)CC1. The number of aromatic nitrogens is 3. The largest absolute Gasteiger partial charge is 0.477 e. The third-order valence-electron chi connectivity index (χ3n) is 6.24. The Morgan fingerprint density at radius 1 is 1.24 bits per heavy atom. The molecule has 1 aliphatic carbocycles. The molecule has 11 heteroatoms. The number of carboxylic acids is 1. The Labute approximate surface area is 189 Å². The summed E-state index contributed by atoms with van der Waals surface area (Å²) in [5, 5.41) is 9.14. The van der Waals surface area contributed by atoms with Crippen molar-refractivity contribution in [2.24, 2.45) is 0 Å². The van der Waals surface area contributed by atoms with Crippen LogP contribution in [0.15, 0.2) is 24.5 Å². The lowest BCUT2D eigenvalue weighted by Gasteiger charge is -2.34. The molecule has 1 saturated heterocycles. The first kappa shape index (κ1) is 21.4. The average molecular weight is 457 g/mol. The number of carbonyl (C=O) groups excluding carboxylic acids is 1. The van der Waals surface area contributed by atoms with Crippen molar-refractivity contribution in [3.8, 4) is 5.88 Å². The first-order valence-corrected chi connectivity index (χ1v) is 10.9. The molecular weight excluding hydrogens is 433 g/mol. The number of likely N-dealkylation sites (tertiary alicyclic amines) is 1. The predicted molar refractivity (Wildman–Crippen MR) is 114 cm³/mol. The van der Waals surface area contributed by atoms with Gasteiger partial charge >= 0.3 is 12.1 Å². The fourth-order valence-corrected chi connectivity index (χ4v) is 4.05. The number of nitrogens with zero attached hydrogens (tertiary/aromatic N) is 5. The van der Waals surface area contributed by atoms with Crippen molar-refractivity contribution in [1.29, 1.82) is 0 Å². The number of amides is 1. The van der Waals surface area contributed by atoms with Crippen LogP contribution < -0.4 is 9.64 Å². The molecule has 0 radical (unpaired) electrons. The number of rotatable bonds is 5. The molecule has 0 bridgehead atoms. The lowest BCUT2D eigenvalue weighted by Crippen LogP contribution is -2.50. The number of halogens is 1. The van der Waals surface area contributed by atoms with Crippen LogP contribution >= 0.6 is 0 Å². The third-order valence-corrected chi connectivity index (χ3v) is 6.24. The number of aromatic carboxylic acids is 1. The van der Waals surface area contributed by atoms with Crippen molar-refractivity contribution in [3.63, 3.8) is 0 Å². The van der Waals surface area contributed by atoms with Gasteiger partial charge < -0.3 is 24.4 Å². The zero-order valence-electron chi connectivity index (χ0n) is 18.1. The highest BCUT2D eigenvalue weighted by Gasteiger charge is 2.44. The highest BCUT2D eigenvalue weighted by Crippen LogP contribution is 2.39. The van der Waals surface area contributed by atoms with E-state index in [9.17, 15) is 14.0 Å². The quantitative estimate of drug-likeness (QED) is 0.723. The van der Waals surface area contributed by atoms with Crippen molar-refractivity contribution >= 4 is 23.6 Å². The number of alkyl halides is 1. The molecule has 2 aliphatic heterocycles. The first-order valence-electron chi connectivity index (χ1n) is 10.9. The van der Waals surface area contributed by atoms with Gasteiger partial charge in [0.2, 0.25) is 5.88 Å². The molecule has 174 valence electrons. The highest BCUT2D eigenvalue weighted by molar-refractivity contribution is 5.86. The predicted octanol–water partition coefficient (Wildman–Crippen LogP) is 2.74. The van der Waals surface area contributed by atoms with Crippen LogP contribution in [0.1, 0.15) is 42.4 Å². The molecule has 2 aromatic rings. The first-order chi connectivity index (χ1) is 15.8. The van der Waals surface area contributed by atoms with Crippen molar-refractivity contribution < 1.29 is 28.6 Å². The second-order valence-electron chi connectivity index (χ2n) is 8.81. The van der Waals surface area contributed by atoms with E-state index in [1.165, 1.54) is 17.3 Å².